The number of fused-ring (bicyclic) bond motifs is 1. The second-order valence-corrected chi connectivity index (χ2v) is 9.74. The van der Waals surface area contributed by atoms with Gasteiger partial charge in [-0.1, -0.05) is 24.3 Å². The minimum atomic E-state index is -4.05. The molecule has 2 N–H and O–H groups in total. The van der Waals surface area contributed by atoms with E-state index in [4.69, 9.17) is 14.2 Å². The zero-order valence-corrected chi connectivity index (χ0v) is 21.5. The summed E-state index contributed by atoms with van der Waals surface area (Å²) in [4.78, 5) is 20.9. The molecular formula is C26H26N4O6S. The van der Waals surface area contributed by atoms with Crippen LogP contribution in [0.4, 0.5) is 17.3 Å². The van der Waals surface area contributed by atoms with Crippen molar-refractivity contribution in [2.75, 3.05) is 31.4 Å². The first kappa shape index (κ1) is 25.7. The summed E-state index contributed by atoms with van der Waals surface area (Å²) in [6.07, 6.45) is 0. The lowest BCUT2D eigenvalue weighted by atomic mass is 10.0. The number of carbonyl (C=O) groups is 1. The lowest BCUT2D eigenvalue weighted by Crippen LogP contribution is -2.16. The van der Waals surface area contributed by atoms with Crippen LogP contribution in [0.25, 0.3) is 11.0 Å². The average Bonchev–Trinajstić information content (AvgIpc) is 2.92. The van der Waals surface area contributed by atoms with Crippen LogP contribution in [0, 0.1) is 0 Å². The van der Waals surface area contributed by atoms with Gasteiger partial charge in [-0.25, -0.2) is 18.4 Å². The summed E-state index contributed by atoms with van der Waals surface area (Å²) in [5.74, 6) is 0.334. The first-order valence-electron chi connectivity index (χ1n) is 11.2. The van der Waals surface area contributed by atoms with Crippen LogP contribution in [0.2, 0.25) is 0 Å². The molecule has 1 heterocycles. The Labute approximate surface area is 214 Å². The van der Waals surface area contributed by atoms with E-state index >= 15 is 0 Å². The van der Waals surface area contributed by atoms with E-state index in [1.165, 1.54) is 33.5 Å². The van der Waals surface area contributed by atoms with Gasteiger partial charge in [0.25, 0.3) is 10.0 Å². The van der Waals surface area contributed by atoms with Gasteiger partial charge in [-0.15, -0.1) is 0 Å². The quantitative estimate of drug-likeness (QED) is 0.306. The summed E-state index contributed by atoms with van der Waals surface area (Å²) in [5.41, 5.74) is 2.27. The molecule has 0 aliphatic heterocycles. The van der Waals surface area contributed by atoms with E-state index < -0.39 is 21.9 Å². The first-order valence-corrected chi connectivity index (χ1v) is 12.7. The van der Waals surface area contributed by atoms with Crippen molar-refractivity contribution >= 4 is 44.3 Å². The summed E-state index contributed by atoms with van der Waals surface area (Å²) in [6.45, 7) is 1.68. The number of hydrogen-bond donors (Lipinski definition) is 2. The van der Waals surface area contributed by atoms with E-state index in [2.05, 4.69) is 20.0 Å². The molecule has 1 aromatic heterocycles. The molecule has 0 aliphatic carbocycles. The van der Waals surface area contributed by atoms with Crippen molar-refractivity contribution in [2.24, 2.45) is 0 Å². The Hall–Kier alpha value is -4.38. The first-order chi connectivity index (χ1) is 17.7. The molecule has 0 fully saturated rings. The van der Waals surface area contributed by atoms with Crippen LogP contribution in [0.1, 0.15) is 18.4 Å². The number of para-hydroxylation sites is 2. The number of carbonyl (C=O) groups excluding carboxylic acids is 1. The van der Waals surface area contributed by atoms with Gasteiger partial charge in [0.05, 0.1) is 43.2 Å². The Kier molecular flexibility index (Phi) is 7.44. The van der Waals surface area contributed by atoms with Crippen LogP contribution >= 0.6 is 0 Å². The smallest absolute Gasteiger partial charge is 0.312 e. The molecule has 4 rings (SSSR count). The number of hydrogen-bond acceptors (Lipinski definition) is 9. The van der Waals surface area contributed by atoms with E-state index in [0.29, 0.717) is 33.8 Å². The molecule has 3 aromatic carbocycles. The van der Waals surface area contributed by atoms with E-state index in [1.807, 2.05) is 6.07 Å². The molecule has 0 amide bonds. The highest BCUT2D eigenvalue weighted by Gasteiger charge is 2.21. The summed E-state index contributed by atoms with van der Waals surface area (Å²) in [6, 6.07) is 18.3. The summed E-state index contributed by atoms with van der Waals surface area (Å²) >= 11 is 0. The fraction of sp³-hybridized carbons (Fsp3) is 0.192. The summed E-state index contributed by atoms with van der Waals surface area (Å²) in [5, 5.41) is 3.12. The molecule has 1 unspecified atom stereocenters. The van der Waals surface area contributed by atoms with Crippen molar-refractivity contribution in [1.29, 1.82) is 0 Å². The molecular weight excluding hydrogens is 496 g/mol. The molecule has 0 radical (unpaired) electrons. The number of benzene rings is 3. The van der Waals surface area contributed by atoms with E-state index in [1.54, 1.807) is 55.5 Å². The molecule has 0 saturated heterocycles. The number of methoxy groups -OCH3 is 3. The van der Waals surface area contributed by atoms with E-state index in [-0.39, 0.29) is 16.5 Å². The molecule has 0 saturated carbocycles. The largest absolute Gasteiger partial charge is 0.497 e. The zero-order chi connectivity index (χ0) is 26.6. The monoisotopic (exact) mass is 522 g/mol. The van der Waals surface area contributed by atoms with Gasteiger partial charge >= 0.3 is 5.97 Å². The van der Waals surface area contributed by atoms with Crippen LogP contribution in [-0.4, -0.2) is 45.7 Å². The third-order valence-corrected chi connectivity index (χ3v) is 7.02. The Morgan fingerprint density at radius 2 is 1.41 bits per heavy atom. The van der Waals surface area contributed by atoms with Gasteiger partial charge in [0.15, 0.2) is 11.6 Å². The van der Waals surface area contributed by atoms with Gasteiger partial charge in [-0.2, -0.15) is 0 Å². The fourth-order valence-electron chi connectivity index (χ4n) is 3.61. The second-order valence-electron chi connectivity index (χ2n) is 8.06. The van der Waals surface area contributed by atoms with Gasteiger partial charge in [-0.3, -0.25) is 9.52 Å². The van der Waals surface area contributed by atoms with Gasteiger partial charge in [0.1, 0.15) is 11.5 Å². The number of nitrogens with one attached hydrogen (secondary N) is 2. The van der Waals surface area contributed by atoms with Crippen molar-refractivity contribution in [2.45, 2.75) is 17.7 Å². The lowest BCUT2D eigenvalue weighted by molar-refractivity contribution is -0.141. The zero-order valence-electron chi connectivity index (χ0n) is 20.7. The third-order valence-electron chi connectivity index (χ3n) is 5.66. The Morgan fingerprint density at radius 3 is 1.95 bits per heavy atom. The number of sulfonamides is 1. The molecule has 0 spiro atoms. The molecule has 11 heteroatoms. The number of esters is 1. The van der Waals surface area contributed by atoms with Crippen molar-refractivity contribution in [3.63, 3.8) is 0 Å². The fourth-order valence-corrected chi connectivity index (χ4v) is 4.62. The Bertz CT molecular complexity index is 1520. The number of anilines is 3. The van der Waals surface area contributed by atoms with Crippen LogP contribution < -0.4 is 19.5 Å². The van der Waals surface area contributed by atoms with E-state index in [9.17, 15) is 13.2 Å². The number of nitrogens with zero attached hydrogens (tertiary/aromatic N) is 2. The predicted octanol–water partition coefficient (Wildman–Crippen LogP) is 4.47. The Morgan fingerprint density at radius 1 is 0.838 bits per heavy atom. The maximum atomic E-state index is 13.3. The van der Waals surface area contributed by atoms with Crippen LogP contribution in [-0.2, 0) is 19.6 Å². The standard InChI is InChI=1S/C26H26N4O6S/c1-16(26(31)36-4)17-9-11-21(12-10-17)37(32,33)30-25-24(28-22-7-5-6-8-23(22)29-25)27-18-13-19(34-2)15-20(14-18)35-3/h5-16H,1-4H3,(H,27,28)(H,29,30). The molecule has 192 valence electrons. The molecule has 4 aromatic rings. The second kappa shape index (κ2) is 10.7. The lowest BCUT2D eigenvalue weighted by Gasteiger charge is -2.15. The van der Waals surface area contributed by atoms with Crippen molar-refractivity contribution < 1.29 is 27.4 Å². The van der Waals surface area contributed by atoms with Gasteiger partial charge < -0.3 is 19.5 Å². The summed E-state index contributed by atoms with van der Waals surface area (Å²) in [7, 11) is 0.322. The normalized spacial score (nSPS) is 12.0. The van der Waals surface area contributed by atoms with Crippen LogP contribution in [0.3, 0.4) is 0 Å². The van der Waals surface area contributed by atoms with Crippen LogP contribution in [0.5, 0.6) is 11.5 Å². The maximum Gasteiger partial charge on any atom is 0.312 e. The topological polar surface area (TPSA) is 129 Å². The van der Waals surface area contributed by atoms with Gasteiger partial charge in [-0.05, 0) is 36.8 Å². The average molecular weight is 523 g/mol. The SMILES string of the molecule is COC(=O)C(C)c1ccc(S(=O)(=O)Nc2nc3ccccc3nc2Nc2cc(OC)cc(OC)c2)cc1. The highest BCUT2D eigenvalue weighted by atomic mass is 32.2. The highest BCUT2D eigenvalue weighted by molar-refractivity contribution is 7.92. The summed E-state index contributed by atoms with van der Waals surface area (Å²) < 4.78 is 44.5. The van der Waals surface area contributed by atoms with Crippen molar-refractivity contribution in [3.05, 3.63) is 72.3 Å². The number of aromatic nitrogens is 2. The molecule has 10 nitrogen and oxygen atoms in total. The minimum Gasteiger partial charge on any atom is -0.497 e. The van der Waals surface area contributed by atoms with Gasteiger partial charge in [0, 0.05) is 23.9 Å². The Balaban J connectivity index is 1.71. The molecule has 0 bridgehead atoms. The van der Waals surface area contributed by atoms with Gasteiger partial charge in [0.2, 0.25) is 0 Å². The highest BCUT2D eigenvalue weighted by Crippen LogP contribution is 2.31. The van der Waals surface area contributed by atoms with E-state index in [0.717, 1.165) is 0 Å². The molecule has 37 heavy (non-hydrogen) atoms. The predicted molar refractivity (Wildman–Crippen MR) is 140 cm³/mol. The van der Waals surface area contributed by atoms with Crippen LogP contribution in [0.15, 0.2) is 71.6 Å². The van der Waals surface area contributed by atoms with Crippen molar-refractivity contribution in [3.8, 4) is 11.5 Å². The number of rotatable bonds is 9. The van der Waals surface area contributed by atoms with Crippen molar-refractivity contribution in [1.82, 2.24) is 9.97 Å². The maximum absolute atomic E-state index is 13.3. The minimum absolute atomic E-state index is 0.00252. The molecule has 0 aliphatic rings. The molecule has 1 atom stereocenters. The third kappa shape index (κ3) is 5.72. The number of ether oxygens (including phenoxy) is 3.